The van der Waals surface area contributed by atoms with Crippen LogP contribution < -0.4 is 5.32 Å². The number of hydrogen-bond acceptors (Lipinski definition) is 3. The van der Waals surface area contributed by atoms with Crippen molar-refractivity contribution < 1.29 is 4.79 Å². The summed E-state index contributed by atoms with van der Waals surface area (Å²) in [6, 6.07) is 0.535. The highest BCUT2D eigenvalue weighted by Gasteiger charge is 2.28. The molecule has 1 atom stereocenters. The number of aromatic nitrogens is 2. The van der Waals surface area contributed by atoms with Gasteiger partial charge in [-0.1, -0.05) is 20.8 Å². The molecule has 0 aliphatic carbocycles. The Balaban J connectivity index is 1.58. The van der Waals surface area contributed by atoms with Crippen molar-refractivity contribution in [3.63, 3.8) is 0 Å². The van der Waals surface area contributed by atoms with Gasteiger partial charge in [0.1, 0.15) is 5.82 Å². The van der Waals surface area contributed by atoms with E-state index in [0.29, 0.717) is 12.0 Å². The smallest absolute Gasteiger partial charge is 0.219 e. The van der Waals surface area contributed by atoms with Crippen molar-refractivity contribution in [2.45, 2.75) is 77.3 Å². The Morgan fingerprint density at radius 1 is 1.25 bits per heavy atom. The van der Waals surface area contributed by atoms with Gasteiger partial charge >= 0.3 is 0 Å². The number of nitrogens with zero attached hydrogens (tertiary/aromatic N) is 3. The molecule has 0 bridgehead atoms. The molecule has 2 aliphatic rings. The zero-order valence-electron chi connectivity index (χ0n) is 15.6. The number of rotatable bonds is 3. The summed E-state index contributed by atoms with van der Waals surface area (Å²) < 4.78 is 2.37. The van der Waals surface area contributed by atoms with Crippen LogP contribution in [0.1, 0.15) is 70.8 Å². The van der Waals surface area contributed by atoms with Gasteiger partial charge in [-0.3, -0.25) is 4.79 Å². The van der Waals surface area contributed by atoms with Gasteiger partial charge in [0.25, 0.3) is 0 Å². The average molecular weight is 332 g/mol. The molecule has 1 N–H and O–H groups in total. The minimum atomic E-state index is 0.113. The van der Waals surface area contributed by atoms with Crippen LogP contribution in [0.3, 0.4) is 0 Å². The van der Waals surface area contributed by atoms with Crippen molar-refractivity contribution in [1.82, 2.24) is 19.8 Å². The maximum Gasteiger partial charge on any atom is 0.219 e. The molecule has 1 unspecified atom stereocenters. The summed E-state index contributed by atoms with van der Waals surface area (Å²) in [6.45, 7) is 12.3. The van der Waals surface area contributed by atoms with Crippen LogP contribution in [0.25, 0.3) is 0 Å². The van der Waals surface area contributed by atoms with Crippen molar-refractivity contribution in [2.75, 3.05) is 19.6 Å². The van der Waals surface area contributed by atoms with Gasteiger partial charge < -0.3 is 14.8 Å². The molecule has 3 rings (SSSR count). The molecule has 2 aliphatic heterocycles. The summed E-state index contributed by atoms with van der Waals surface area (Å²) in [5, 5.41) is 3.75. The molecule has 1 saturated heterocycles. The van der Waals surface area contributed by atoms with Crippen LogP contribution >= 0.6 is 0 Å². The third-order valence-corrected chi connectivity index (χ3v) is 5.49. The molecule has 134 valence electrons. The van der Waals surface area contributed by atoms with E-state index in [0.717, 1.165) is 39.0 Å². The Bertz CT molecular complexity index is 579. The van der Waals surface area contributed by atoms with E-state index in [1.54, 1.807) is 6.92 Å². The Morgan fingerprint density at radius 3 is 2.58 bits per heavy atom. The van der Waals surface area contributed by atoms with Crippen molar-refractivity contribution >= 4 is 5.91 Å². The van der Waals surface area contributed by atoms with Crippen LogP contribution in [-0.2, 0) is 16.8 Å². The monoisotopic (exact) mass is 332 g/mol. The highest BCUT2D eigenvalue weighted by atomic mass is 16.2. The molecule has 0 saturated carbocycles. The third kappa shape index (κ3) is 3.82. The van der Waals surface area contributed by atoms with E-state index in [1.807, 2.05) is 4.90 Å². The molecule has 3 heterocycles. The second kappa shape index (κ2) is 6.87. The number of piperidine rings is 1. The first kappa shape index (κ1) is 17.5. The normalized spacial score (nSPS) is 22.5. The van der Waals surface area contributed by atoms with Crippen molar-refractivity contribution in [3.05, 3.63) is 17.7 Å². The largest absolute Gasteiger partial charge is 0.343 e. The average Bonchev–Trinajstić information content (AvgIpc) is 2.98. The van der Waals surface area contributed by atoms with Gasteiger partial charge in [0.05, 0.1) is 5.69 Å². The molecule has 5 heteroatoms. The van der Waals surface area contributed by atoms with E-state index in [-0.39, 0.29) is 11.3 Å². The van der Waals surface area contributed by atoms with Crippen LogP contribution in [0.4, 0.5) is 0 Å². The van der Waals surface area contributed by atoms with Gasteiger partial charge in [0.15, 0.2) is 0 Å². The predicted octanol–water partition coefficient (Wildman–Crippen LogP) is 2.66. The fourth-order valence-electron chi connectivity index (χ4n) is 3.83. The SMILES string of the molecule is CC(=O)N1CCC(NCC2CCCn3cc(C(C)(C)C)nc32)CC1. The number of fused-ring (bicyclic) bond motifs is 1. The summed E-state index contributed by atoms with van der Waals surface area (Å²) in [5.74, 6) is 1.98. The number of hydrogen-bond donors (Lipinski definition) is 1. The lowest BCUT2D eigenvalue weighted by Crippen LogP contribution is -2.45. The van der Waals surface area contributed by atoms with E-state index >= 15 is 0 Å². The predicted molar refractivity (Wildman–Crippen MR) is 96.2 cm³/mol. The Kier molecular flexibility index (Phi) is 5.00. The number of carbonyl (C=O) groups is 1. The summed E-state index contributed by atoms with van der Waals surface area (Å²) in [4.78, 5) is 18.4. The molecule has 1 fully saturated rings. The second-order valence-electron chi connectivity index (χ2n) is 8.46. The summed E-state index contributed by atoms with van der Waals surface area (Å²) in [6.07, 6.45) is 6.84. The first-order chi connectivity index (χ1) is 11.3. The molecular formula is C19H32N4O. The summed E-state index contributed by atoms with van der Waals surface area (Å²) in [7, 11) is 0. The topological polar surface area (TPSA) is 50.2 Å². The Morgan fingerprint density at radius 2 is 1.96 bits per heavy atom. The lowest BCUT2D eigenvalue weighted by Gasteiger charge is -2.33. The maximum absolute atomic E-state index is 11.4. The van der Waals surface area contributed by atoms with Crippen molar-refractivity contribution in [1.29, 1.82) is 0 Å². The first-order valence-corrected chi connectivity index (χ1v) is 9.41. The second-order valence-corrected chi connectivity index (χ2v) is 8.46. The van der Waals surface area contributed by atoms with Gasteiger partial charge in [0, 0.05) is 56.7 Å². The van der Waals surface area contributed by atoms with E-state index in [9.17, 15) is 4.79 Å². The van der Waals surface area contributed by atoms with Crippen molar-refractivity contribution in [2.24, 2.45) is 0 Å². The summed E-state index contributed by atoms with van der Waals surface area (Å²) in [5.41, 5.74) is 1.32. The highest BCUT2D eigenvalue weighted by Crippen LogP contribution is 2.30. The van der Waals surface area contributed by atoms with Crippen LogP contribution in [0.2, 0.25) is 0 Å². The molecule has 1 aromatic heterocycles. The standard InChI is InChI=1S/C19H32N4O/c1-14(24)22-10-7-16(8-11-22)20-12-15-6-5-9-23-13-17(19(2,3)4)21-18(15)23/h13,15-16,20H,5-12H2,1-4H3. The van der Waals surface area contributed by atoms with E-state index in [1.165, 1.54) is 24.4 Å². The van der Waals surface area contributed by atoms with Crippen LogP contribution in [-0.4, -0.2) is 46.0 Å². The van der Waals surface area contributed by atoms with E-state index < -0.39 is 0 Å². The van der Waals surface area contributed by atoms with Gasteiger partial charge in [-0.25, -0.2) is 4.98 Å². The van der Waals surface area contributed by atoms with Gasteiger partial charge in [0.2, 0.25) is 5.91 Å². The number of nitrogens with one attached hydrogen (secondary N) is 1. The number of carbonyl (C=O) groups excluding carboxylic acids is 1. The molecule has 0 spiro atoms. The number of aryl methyl sites for hydroxylation is 1. The summed E-state index contributed by atoms with van der Waals surface area (Å²) >= 11 is 0. The number of likely N-dealkylation sites (tertiary alicyclic amines) is 1. The Hall–Kier alpha value is -1.36. The van der Waals surface area contributed by atoms with Crippen LogP contribution in [0.5, 0.6) is 0 Å². The Labute approximate surface area is 145 Å². The van der Waals surface area contributed by atoms with Crippen LogP contribution in [0, 0.1) is 0 Å². The molecule has 1 amide bonds. The minimum absolute atomic E-state index is 0.113. The highest BCUT2D eigenvalue weighted by molar-refractivity contribution is 5.73. The lowest BCUT2D eigenvalue weighted by molar-refractivity contribution is -0.129. The fourth-order valence-corrected chi connectivity index (χ4v) is 3.83. The maximum atomic E-state index is 11.4. The fraction of sp³-hybridized carbons (Fsp3) is 0.789. The van der Waals surface area contributed by atoms with Crippen LogP contribution in [0.15, 0.2) is 6.20 Å². The van der Waals surface area contributed by atoms with Gasteiger partial charge in [-0.05, 0) is 25.7 Å². The molecule has 24 heavy (non-hydrogen) atoms. The zero-order valence-corrected chi connectivity index (χ0v) is 15.6. The minimum Gasteiger partial charge on any atom is -0.343 e. The zero-order chi connectivity index (χ0) is 17.3. The number of imidazole rings is 1. The quantitative estimate of drug-likeness (QED) is 0.926. The molecule has 1 aromatic rings. The van der Waals surface area contributed by atoms with E-state index in [4.69, 9.17) is 4.98 Å². The van der Waals surface area contributed by atoms with Gasteiger partial charge in [-0.15, -0.1) is 0 Å². The molecule has 0 aromatic carbocycles. The number of amides is 1. The van der Waals surface area contributed by atoms with Gasteiger partial charge in [-0.2, -0.15) is 0 Å². The van der Waals surface area contributed by atoms with E-state index in [2.05, 4.69) is 36.9 Å². The lowest BCUT2D eigenvalue weighted by atomic mass is 9.93. The molecule has 5 nitrogen and oxygen atoms in total. The molecular weight excluding hydrogens is 300 g/mol. The van der Waals surface area contributed by atoms with Crippen molar-refractivity contribution in [3.8, 4) is 0 Å². The third-order valence-electron chi connectivity index (χ3n) is 5.49. The molecule has 0 radical (unpaired) electrons. The first-order valence-electron chi connectivity index (χ1n) is 9.41.